The van der Waals surface area contributed by atoms with Gasteiger partial charge in [-0.05, 0) is 19.0 Å². The molecule has 2 aliphatic rings. The highest BCUT2D eigenvalue weighted by Crippen LogP contribution is 2.50. The summed E-state index contributed by atoms with van der Waals surface area (Å²) in [5.74, 6) is 0.214. The first-order chi connectivity index (χ1) is 5.99. The quantitative estimate of drug-likeness (QED) is 0.401. The van der Waals surface area contributed by atoms with E-state index in [4.69, 9.17) is 0 Å². The Balaban J connectivity index is 2.28. The number of nitrogens with zero attached hydrogens (tertiary/aromatic N) is 1. The minimum absolute atomic E-state index is 0.214. The van der Waals surface area contributed by atoms with E-state index >= 15 is 0 Å². The molecule has 4 unspecified atom stereocenters. The fraction of sp³-hybridized carbons (Fsp3) is 0.667. The van der Waals surface area contributed by atoms with Crippen molar-refractivity contribution in [1.82, 2.24) is 4.90 Å². The van der Waals surface area contributed by atoms with Gasteiger partial charge < -0.3 is 4.90 Å². The van der Waals surface area contributed by atoms with Crippen LogP contribution in [0, 0.1) is 0 Å². The normalized spacial score (nSPS) is 39.7. The molecule has 0 aromatic rings. The number of β-lactam (4-membered cyclic amide) rings is 1. The number of carbonyl (C=O) groups excluding carboxylic acids is 1. The van der Waals surface area contributed by atoms with Gasteiger partial charge in [0.2, 0.25) is 5.91 Å². The van der Waals surface area contributed by atoms with Crippen molar-refractivity contribution in [1.29, 1.82) is 0 Å². The smallest absolute Gasteiger partial charge is 0.246 e. The predicted octanol–water partition coefficient (Wildman–Crippen LogP) is 1.90. The van der Waals surface area contributed by atoms with Gasteiger partial charge in [-0.25, -0.2) is 0 Å². The summed E-state index contributed by atoms with van der Waals surface area (Å²) in [5.41, 5.74) is 1.39. The molecule has 13 heavy (non-hydrogen) atoms. The van der Waals surface area contributed by atoms with Gasteiger partial charge in [0.05, 0.1) is 6.04 Å². The van der Waals surface area contributed by atoms with Crippen LogP contribution in [0.2, 0.25) is 0 Å². The summed E-state index contributed by atoms with van der Waals surface area (Å²) < 4.78 is -0.327. The van der Waals surface area contributed by atoms with Crippen molar-refractivity contribution in [3.63, 3.8) is 0 Å². The molecule has 2 heterocycles. The van der Waals surface area contributed by atoms with Gasteiger partial charge >= 0.3 is 0 Å². The van der Waals surface area contributed by atoms with Gasteiger partial charge in [0.15, 0.2) is 0 Å². The second kappa shape index (κ2) is 2.80. The summed E-state index contributed by atoms with van der Waals surface area (Å²) in [4.78, 5) is 13.7. The number of halogens is 1. The molecule has 0 aliphatic carbocycles. The third-order valence-electron chi connectivity index (χ3n) is 3.02. The topological polar surface area (TPSA) is 20.3 Å². The van der Waals surface area contributed by atoms with Crippen molar-refractivity contribution in [2.45, 2.75) is 36.3 Å². The average molecular weight is 262 g/mol. The van der Waals surface area contributed by atoms with Crippen molar-refractivity contribution in [2.24, 2.45) is 0 Å². The zero-order chi connectivity index (χ0) is 9.80. The highest BCUT2D eigenvalue weighted by molar-refractivity contribution is 9.10. The lowest BCUT2D eigenvalue weighted by atomic mass is 9.84. The molecular weight excluding hydrogens is 249 g/mol. The zero-order valence-corrected chi connectivity index (χ0v) is 10.5. The van der Waals surface area contributed by atoms with E-state index in [0.29, 0.717) is 6.04 Å². The largest absolute Gasteiger partial charge is 0.310 e. The third-order valence-corrected chi connectivity index (χ3v) is 5.63. The van der Waals surface area contributed by atoms with Crippen LogP contribution in [0.3, 0.4) is 0 Å². The fourth-order valence-corrected chi connectivity index (χ4v) is 3.10. The lowest BCUT2D eigenvalue weighted by molar-refractivity contribution is -0.146. The summed E-state index contributed by atoms with van der Waals surface area (Å²) in [5, 5.41) is 0. The van der Waals surface area contributed by atoms with Crippen LogP contribution in [0.25, 0.3) is 0 Å². The zero-order valence-electron chi connectivity index (χ0n) is 7.75. The molecule has 4 heteroatoms. The Morgan fingerprint density at radius 2 is 2.46 bits per heavy atom. The third kappa shape index (κ3) is 1.01. The van der Waals surface area contributed by atoms with Crippen LogP contribution in [-0.4, -0.2) is 26.8 Å². The molecule has 0 bridgehead atoms. The second-order valence-electron chi connectivity index (χ2n) is 3.83. The Bertz CT molecular complexity index is 302. The maximum absolute atomic E-state index is 11.8. The number of alkyl halides is 1. The molecule has 0 saturated carbocycles. The van der Waals surface area contributed by atoms with Gasteiger partial charge in [-0.15, -0.1) is 9.24 Å². The van der Waals surface area contributed by atoms with Gasteiger partial charge in [0.25, 0.3) is 0 Å². The Morgan fingerprint density at radius 1 is 1.85 bits per heavy atom. The van der Waals surface area contributed by atoms with Gasteiger partial charge in [-0.2, -0.15) is 0 Å². The van der Waals surface area contributed by atoms with E-state index in [-0.39, 0.29) is 15.9 Å². The first kappa shape index (κ1) is 9.67. The van der Waals surface area contributed by atoms with E-state index in [1.165, 1.54) is 0 Å². The molecule has 0 aromatic carbocycles. The lowest BCUT2D eigenvalue weighted by Crippen LogP contribution is -2.71. The van der Waals surface area contributed by atoms with Crippen molar-refractivity contribution in [3.8, 4) is 0 Å². The maximum Gasteiger partial charge on any atom is 0.246 e. The van der Waals surface area contributed by atoms with Crippen molar-refractivity contribution in [3.05, 3.63) is 11.8 Å². The van der Waals surface area contributed by atoms with Crippen molar-refractivity contribution < 1.29 is 4.79 Å². The van der Waals surface area contributed by atoms with Gasteiger partial charge in [-0.1, -0.05) is 28.9 Å². The van der Waals surface area contributed by atoms with Crippen LogP contribution >= 0.6 is 25.2 Å². The molecule has 2 aliphatic heterocycles. The summed E-state index contributed by atoms with van der Waals surface area (Å²) >= 11 is 3.59. The Kier molecular flexibility index (Phi) is 2.08. The van der Waals surface area contributed by atoms with E-state index < -0.39 is 0 Å². The molecule has 0 aromatic heterocycles. The number of allylic oxidation sites excluding steroid dienone is 1. The summed E-state index contributed by atoms with van der Waals surface area (Å²) in [6.07, 6.45) is 3.13. The first-order valence-corrected chi connectivity index (χ1v) is 5.90. The predicted molar refractivity (Wildman–Crippen MR) is 59.8 cm³/mol. The van der Waals surface area contributed by atoms with Crippen LogP contribution in [0.1, 0.15) is 20.3 Å². The summed E-state index contributed by atoms with van der Waals surface area (Å²) in [6.45, 7) is 4.06. The van der Waals surface area contributed by atoms with Crippen LogP contribution in [0.4, 0.5) is 0 Å². The number of fused-ring (bicyclic) bond motifs is 1. The molecular formula is C9H13BrNOP. The van der Waals surface area contributed by atoms with Gasteiger partial charge in [0, 0.05) is 5.70 Å². The minimum Gasteiger partial charge on any atom is -0.310 e. The molecule has 1 fully saturated rings. The first-order valence-electron chi connectivity index (χ1n) is 4.44. The highest BCUT2D eigenvalue weighted by Gasteiger charge is 2.62. The molecule has 2 rings (SSSR count). The number of hydrogen-bond acceptors (Lipinski definition) is 1. The average Bonchev–Trinajstić information content (AvgIpc) is 2.42. The number of hydrogen-bond donors (Lipinski definition) is 0. The standard InChI is InChI=1S/C9H13BrNOP/c1-5-3-4-7-9(10,6(2)13)8(12)11(5)7/h3,6-7H,4,13H2,1-2H3. The molecule has 0 spiro atoms. The number of amides is 1. The SMILES string of the molecule is CC1=CCC2N1C(=O)C2(Br)C(C)P. The van der Waals surface area contributed by atoms with Crippen LogP contribution in [0.5, 0.6) is 0 Å². The molecule has 2 nitrogen and oxygen atoms in total. The second-order valence-corrected chi connectivity index (χ2v) is 6.14. The van der Waals surface area contributed by atoms with E-state index in [1.807, 2.05) is 11.8 Å². The molecule has 0 N–H and O–H groups in total. The Labute approximate surface area is 89.1 Å². The molecule has 72 valence electrons. The monoisotopic (exact) mass is 261 g/mol. The number of rotatable bonds is 1. The maximum atomic E-state index is 11.8. The molecule has 1 saturated heterocycles. The molecule has 0 radical (unpaired) electrons. The van der Waals surface area contributed by atoms with Gasteiger partial charge in [-0.3, -0.25) is 4.79 Å². The van der Waals surface area contributed by atoms with Crippen molar-refractivity contribution in [2.75, 3.05) is 0 Å². The van der Waals surface area contributed by atoms with Crippen LogP contribution in [-0.2, 0) is 4.79 Å². The van der Waals surface area contributed by atoms with Crippen LogP contribution < -0.4 is 0 Å². The van der Waals surface area contributed by atoms with Gasteiger partial charge in [0.1, 0.15) is 4.32 Å². The summed E-state index contributed by atoms with van der Waals surface area (Å²) in [6, 6.07) is 0.340. The van der Waals surface area contributed by atoms with Crippen molar-refractivity contribution >= 4 is 31.1 Å². The van der Waals surface area contributed by atoms with E-state index in [9.17, 15) is 4.79 Å². The Morgan fingerprint density at radius 3 is 3.00 bits per heavy atom. The molecule has 4 atom stereocenters. The highest BCUT2D eigenvalue weighted by atomic mass is 79.9. The Hall–Kier alpha value is 0.120. The molecule has 1 amide bonds. The fourth-order valence-electron chi connectivity index (χ4n) is 2.15. The summed E-state index contributed by atoms with van der Waals surface area (Å²) in [7, 11) is 2.71. The van der Waals surface area contributed by atoms with E-state index in [2.05, 4.69) is 38.2 Å². The van der Waals surface area contributed by atoms with E-state index in [0.717, 1.165) is 12.1 Å². The minimum atomic E-state index is -0.327. The van der Waals surface area contributed by atoms with Crippen LogP contribution in [0.15, 0.2) is 11.8 Å². The van der Waals surface area contributed by atoms with E-state index in [1.54, 1.807) is 0 Å². The lowest BCUT2D eigenvalue weighted by Gasteiger charge is -2.52. The number of carbonyl (C=O) groups is 1.